The molecule has 0 unspecified atom stereocenters. The molecule has 1 nitrogen and oxygen atoms in total. The van der Waals surface area contributed by atoms with Crippen LogP contribution in [0.3, 0.4) is 0 Å². The molecule has 1 aliphatic rings. The van der Waals surface area contributed by atoms with Crippen molar-refractivity contribution in [3.8, 4) is 0 Å². The monoisotopic (exact) mass is 267 g/mol. The molecular formula is C15H22NV-. The van der Waals surface area contributed by atoms with Gasteiger partial charge in [-0.25, -0.2) is 0 Å². The zero-order chi connectivity index (χ0) is 11.3. The Morgan fingerprint density at radius 3 is 2.41 bits per heavy atom. The van der Waals surface area contributed by atoms with Crippen LogP contribution in [0.25, 0.3) is 12.2 Å². The van der Waals surface area contributed by atoms with Crippen LogP contribution in [0.5, 0.6) is 0 Å². The van der Waals surface area contributed by atoms with Gasteiger partial charge in [-0.3, -0.25) is 4.98 Å². The van der Waals surface area contributed by atoms with Crippen LogP contribution in [0.4, 0.5) is 0 Å². The van der Waals surface area contributed by atoms with E-state index in [0.717, 1.165) is 0 Å². The Morgan fingerprint density at radius 2 is 1.76 bits per heavy atom. The predicted molar refractivity (Wildman–Crippen MR) is 73.1 cm³/mol. The molecule has 0 spiro atoms. The van der Waals surface area contributed by atoms with Crippen LogP contribution in [-0.2, 0) is 18.6 Å². The van der Waals surface area contributed by atoms with E-state index in [2.05, 4.69) is 49.2 Å². The van der Waals surface area contributed by atoms with Gasteiger partial charge in [-0.1, -0.05) is 52.0 Å². The summed E-state index contributed by atoms with van der Waals surface area (Å²) in [5.41, 5.74) is 0.142. The van der Waals surface area contributed by atoms with Gasteiger partial charge >= 0.3 is 0 Å². The van der Waals surface area contributed by atoms with Crippen molar-refractivity contribution in [2.75, 3.05) is 0 Å². The molecule has 0 aromatic carbocycles. The number of fused-ring (bicyclic) bond motifs is 1. The van der Waals surface area contributed by atoms with Gasteiger partial charge in [-0.15, -0.1) is 0 Å². The summed E-state index contributed by atoms with van der Waals surface area (Å²) >= 11 is 0. The van der Waals surface area contributed by atoms with E-state index in [9.17, 15) is 0 Å². The van der Waals surface area contributed by atoms with Crippen molar-refractivity contribution in [3.63, 3.8) is 0 Å². The minimum Gasteiger partial charge on any atom is -0.358 e. The van der Waals surface area contributed by atoms with Gasteiger partial charge in [0.25, 0.3) is 0 Å². The molecule has 0 atom stereocenters. The van der Waals surface area contributed by atoms with Gasteiger partial charge in [0.15, 0.2) is 0 Å². The van der Waals surface area contributed by atoms with E-state index in [1.165, 1.54) is 10.4 Å². The number of nitrogens with zero attached hydrogens (tertiary/aromatic N) is 1. The third-order valence-corrected chi connectivity index (χ3v) is 2.22. The standard InChI is InChI=1S/C12H13N.C2H6.CH3.V/c1-12(2)6-3-4-11-9-13-7-5-10(11)8-12;1-2;;/h3-9H,1-2H3;1-2H3;1H3;/q;;-1;. The molecule has 0 bridgehead atoms. The fourth-order valence-corrected chi connectivity index (χ4v) is 1.54. The molecule has 0 aliphatic heterocycles. The Kier molecular flexibility index (Phi) is 9.10. The van der Waals surface area contributed by atoms with Crippen LogP contribution >= 0.6 is 0 Å². The minimum absolute atomic E-state index is 0. The Labute approximate surface area is 117 Å². The van der Waals surface area contributed by atoms with E-state index < -0.39 is 0 Å². The van der Waals surface area contributed by atoms with Crippen molar-refractivity contribution in [3.05, 3.63) is 48.5 Å². The van der Waals surface area contributed by atoms with Crippen molar-refractivity contribution >= 4 is 12.2 Å². The van der Waals surface area contributed by atoms with Gasteiger partial charge in [0.2, 0.25) is 0 Å². The summed E-state index contributed by atoms with van der Waals surface area (Å²) in [6.45, 7) is 8.40. The summed E-state index contributed by atoms with van der Waals surface area (Å²) in [5.74, 6) is 0. The van der Waals surface area contributed by atoms with Crippen molar-refractivity contribution in [2.45, 2.75) is 27.7 Å². The molecule has 0 saturated carbocycles. The molecule has 2 heteroatoms. The van der Waals surface area contributed by atoms with E-state index in [1.807, 2.05) is 26.2 Å². The molecule has 93 valence electrons. The number of aromatic nitrogens is 1. The zero-order valence-electron chi connectivity index (χ0n) is 11.4. The average molecular weight is 267 g/mol. The fraction of sp³-hybridized carbons (Fsp3) is 0.333. The van der Waals surface area contributed by atoms with Gasteiger partial charge in [0.1, 0.15) is 0 Å². The smallest absolute Gasteiger partial charge is 0.0346 e. The number of pyridine rings is 1. The first-order valence-corrected chi connectivity index (χ1v) is 5.50. The van der Waals surface area contributed by atoms with Crippen LogP contribution < -0.4 is 10.4 Å². The quantitative estimate of drug-likeness (QED) is 0.659. The molecule has 0 N–H and O–H groups in total. The van der Waals surface area contributed by atoms with Crippen molar-refractivity contribution in [1.82, 2.24) is 4.98 Å². The number of hydrogen-bond donors (Lipinski definition) is 0. The van der Waals surface area contributed by atoms with Gasteiger partial charge < -0.3 is 7.43 Å². The molecule has 1 radical (unpaired) electrons. The molecular weight excluding hydrogens is 245 g/mol. The Bertz CT molecular complexity index is 458. The second kappa shape index (κ2) is 8.33. The van der Waals surface area contributed by atoms with Crippen LogP contribution in [0, 0.1) is 12.8 Å². The number of hydrogen-bond acceptors (Lipinski definition) is 1. The first kappa shape index (κ1) is 18.6. The minimum atomic E-state index is 0. The van der Waals surface area contributed by atoms with Gasteiger partial charge in [-0.05, 0) is 16.5 Å². The summed E-state index contributed by atoms with van der Waals surface area (Å²) in [5, 5.41) is 2.47. The van der Waals surface area contributed by atoms with E-state index in [0.29, 0.717) is 0 Å². The number of allylic oxidation sites excluding steroid dienone is 2. The summed E-state index contributed by atoms with van der Waals surface area (Å²) in [6, 6.07) is 2.06. The molecule has 2 rings (SSSR count). The summed E-state index contributed by atoms with van der Waals surface area (Å²) in [6.07, 6.45) is 12.4. The summed E-state index contributed by atoms with van der Waals surface area (Å²) in [4.78, 5) is 4.10. The van der Waals surface area contributed by atoms with Gasteiger partial charge in [-0.2, -0.15) is 0 Å². The SMILES string of the molecule is CC.CC1(C)C=CC=c2cnccc2=C1.[CH3-].[V]. The maximum absolute atomic E-state index is 4.10. The Hall–Kier alpha value is -0.786. The van der Waals surface area contributed by atoms with Gasteiger partial charge in [0.05, 0.1) is 0 Å². The number of rotatable bonds is 0. The molecule has 1 heterocycles. The maximum Gasteiger partial charge on any atom is 0.0346 e. The topological polar surface area (TPSA) is 12.9 Å². The molecule has 1 aromatic rings. The summed E-state index contributed by atoms with van der Waals surface area (Å²) < 4.78 is 0. The van der Waals surface area contributed by atoms with Crippen LogP contribution in [0.15, 0.2) is 30.6 Å². The predicted octanol–water partition coefficient (Wildman–Crippen LogP) is 2.71. The zero-order valence-corrected chi connectivity index (χ0v) is 12.8. The second-order valence-electron chi connectivity index (χ2n) is 4.00. The third kappa shape index (κ3) is 5.38. The Morgan fingerprint density at radius 1 is 1.12 bits per heavy atom. The molecule has 1 aromatic heterocycles. The van der Waals surface area contributed by atoms with Crippen molar-refractivity contribution in [2.24, 2.45) is 5.41 Å². The van der Waals surface area contributed by atoms with E-state index in [-0.39, 0.29) is 31.4 Å². The van der Waals surface area contributed by atoms with E-state index in [1.54, 1.807) is 0 Å². The normalized spacial score (nSPS) is 14.1. The van der Waals surface area contributed by atoms with Crippen LogP contribution in [0.2, 0.25) is 0 Å². The van der Waals surface area contributed by atoms with Crippen LogP contribution in [0.1, 0.15) is 27.7 Å². The maximum atomic E-state index is 4.10. The molecule has 1 aliphatic carbocycles. The van der Waals surface area contributed by atoms with Crippen molar-refractivity contribution < 1.29 is 18.6 Å². The molecule has 0 fully saturated rings. The first-order valence-electron chi connectivity index (χ1n) is 5.50. The van der Waals surface area contributed by atoms with Crippen LogP contribution in [-0.4, -0.2) is 4.98 Å². The third-order valence-electron chi connectivity index (χ3n) is 2.22. The summed E-state index contributed by atoms with van der Waals surface area (Å²) in [7, 11) is 0. The largest absolute Gasteiger partial charge is 0.358 e. The first-order chi connectivity index (χ1) is 7.17. The van der Waals surface area contributed by atoms with Gasteiger partial charge in [0, 0.05) is 36.4 Å². The average Bonchev–Trinajstić information content (AvgIpc) is 2.37. The van der Waals surface area contributed by atoms with E-state index >= 15 is 0 Å². The molecule has 17 heavy (non-hydrogen) atoms. The van der Waals surface area contributed by atoms with E-state index in [4.69, 9.17) is 0 Å². The fourth-order valence-electron chi connectivity index (χ4n) is 1.54. The second-order valence-corrected chi connectivity index (χ2v) is 4.00. The Balaban J connectivity index is 0. The molecule has 0 amide bonds. The molecule has 0 saturated heterocycles. The van der Waals surface area contributed by atoms with Crippen molar-refractivity contribution in [1.29, 1.82) is 0 Å².